The number of β-amino-alcohol motifs (C(OH)–C–C–N with tert-alkyl or cyclic N) is 1. The molecule has 2 aliphatic heterocycles. The Kier molecular flexibility index (Phi) is 5.87. The summed E-state index contributed by atoms with van der Waals surface area (Å²) in [7, 11) is 1.72. The van der Waals surface area contributed by atoms with Crippen LogP contribution in [0.1, 0.15) is 25.7 Å². The van der Waals surface area contributed by atoms with E-state index in [9.17, 15) is 18.7 Å². The van der Waals surface area contributed by atoms with E-state index in [1.807, 2.05) is 18.2 Å². The second-order valence-corrected chi connectivity index (χ2v) is 10.4. The third kappa shape index (κ3) is 4.44. The van der Waals surface area contributed by atoms with Gasteiger partial charge in [0.05, 0.1) is 30.6 Å². The molecule has 196 valence electrons. The van der Waals surface area contributed by atoms with Gasteiger partial charge in [0.2, 0.25) is 11.7 Å². The molecule has 6 rings (SSSR count). The molecule has 0 spiro atoms. The quantitative estimate of drug-likeness (QED) is 0.465. The van der Waals surface area contributed by atoms with Crippen molar-refractivity contribution < 1.29 is 18.6 Å². The van der Waals surface area contributed by atoms with E-state index in [0.717, 1.165) is 17.3 Å². The van der Waals surface area contributed by atoms with E-state index in [2.05, 4.69) is 20.6 Å². The molecule has 9 nitrogen and oxygen atoms in total. The van der Waals surface area contributed by atoms with E-state index >= 15 is 0 Å². The number of halogens is 3. The predicted molar refractivity (Wildman–Crippen MR) is 138 cm³/mol. The fourth-order valence-electron chi connectivity index (χ4n) is 5.07. The molecule has 0 amide bonds. The highest BCUT2D eigenvalue weighted by molar-refractivity contribution is 6.32. The first-order valence-corrected chi connectivity index (χ1v) is 12.8. The van der Waals surface area contributed by atoms with Crippen molar-refractivity contribution in [3.05, 3.63) is 39.8 Å². The molecule has 2 atom stereocenters. The zero-order valence-corrected chi connectivity index (χ0v) is 20.9. The van der Waals surface area contributed by atoms with Crippen LogP contribution in [0.3, 0.4) is 0 Å². The van der Waals surface area contributed by atoms with Gasteiger partial charge in [-0.2, -0.15) is 4.98 Å². The lowest BCUT2D eigenvalue weighted by Gasteiger charge is -2.35. The van der Waals surface area contributed by atoms with Crippen LogP contribution in [-0.2, 0) is 7.05 Å². The molecule has 3 aromatic rings. The number of pyridine rings is 1. The molecule has 3 N–H and O–H groups in total. The molecule has 0 bridgehead atoms. The highest BCUT2D eigenvalue weighted by atomic mass is 35.5. The van der Waals surface area contributed by atoms with Gasteiger partial charge in [-0.05, 0) is 37.0 Å². The van der Waals surface area contributed by atoms with Crippen LogP contribution in [0.25, 0.3) is 10.9 Å². The molecular weight excluding hydrogens is 506 g/mol. The number of aryl methyl sites for hydroxylation is 1. The lowest BCUT2D eigenvalue weighted by Crippen LogP contribution is -2.51. The van der Waals surface area contributed by atoms with E-state index in [0.29, 0.717) is 35.5 Å². The van der Waals surface area contributed by atoms with Crippen molar-refractivity contribution >= 4 is 45.6 Å². The van der Waals surface area contributed by atoms with Crippen molar-refractivity contribution in [3.8, 4) is 5.75 Å². The fraction of sp³-hybridized carbons (Fsp3) is 0.480. The Labute approximate surface area is 216 Å². The molecule has 37 heavy (non-hydrogen) atoms. The average Bonchev–Trinajstić information content (AvgIpc) is 3.72. The van der Waals surface area contributed by atoms with Crippen LogP contribution in [-0.4, -0.2) is 57.4 Å². The molecule has 1 aliphatic carbocycles. The van der Waals surface area contributed by atoms with Gasteiger partial charge in [0, 0.05) is 43.5 Å². The maximum atomic E-state index is 13.7. The van der Waals surface area contributed by atoms with Crippen LogP contribution in [0.4, 0.5) is 31.9 Å². The minimum absolute atomic E-state index is 0.00903. The Balaban J connectivity index is 1.34. The van der Waals surface area contributed by atoms with Crippen LogP contribution in [0, 0.1) is 5.92 Å². The van der Waals surface area contributed by atoms with Gasteiger partial charge in [-0.25, -0.2) is 13.8 Å². The molecule has 1 saturated heterocycles. The van der Waals surface area contributed by atoms with Gasteiger partial charge in [0.15, 0.2) is 5.82 Å². The third-order valence-corrected chi connectivity index (χ3v) is 7.70. The number of hydrogen-bond acceptors (Lipinski definition) is 8. The Bertz CT molecular complexity index is 1430. The third-order valence-electron chi connectivity index (χ3n) is 7.42. The second-order valence-electron chi connectivity index (χ2n) is 9.99. The van der Waals surface area contributed by atoms with Gasteiger partial charge in [-0.15, -0.1) is 0 Å². The SMILES string of the molecule is Cn1c(=O)c2c(c3cc(Nc4nc(N5CCC(F)(F)[C@@H](O)C5)ncc4Cl)ccc31)N[C@@H](C1CC1)CCO2. The summed E-state index contributed by atoms with van der Waals surface area (Å²) in [6.45, 7) is 0.212. The predicted octanol–water partition coefficient (Wildman–Crippen LogP) is 3.90. The number of hydrogen-bond donors (Lipinski definition) is 3. The molecule has 12 heteroatoms. The molecule has 2 fully saturated rings. The molecule has 0 unspecified atom stereocenters. The highest BCUT2D eigenvalue weighted by Crippen LogP contribution is 2.41. The number of aromatic nitrogens is 3. The number of alkyl halides is 2. The number of ether oxygens (including phenoxy) is 1. The lowest BCUT2D eigenvalue weighted by atomic mass is 10.0. The normalized spacial score (nSPS) is 23.1. The number of anilines is 4. The number of benzene rings is 1. The topological polar surface area (TPSA) is 105 Å². The standard InChI is InChI=1S/C25H27ClF2N6O3/c1-33-18-5-4-14(10-15(18)20-21(23(33)36)37-9-6-17(31-20)13-2-3-13)30-22-16(26)11-29-24(32-22)34-8-7-25(27,28)19(35)12-34/h4-5,10-11,13,17,19,31,35H,2-3,6-9,12H2,1H3,(H,29,30,32)/t17-,19+/m1/s1. The molecule has 4 heterocycles. The molecule has 0 radical (unpaired) electrons. The van der Waals surface area contributed by atoms with Gasteiger partial charge in [0.1, 0.15) is 11.1 Å². The smallest absolute Gasteiger partial charge is 0.295 e. The number of rotatable bonds is 4. The van der Waals surface area contributed by atoms with Gasteiger partial charge >= 0.3 is 0 Å². The summed E-state index contributed by atoms with van der Waals surface area (Å²) in [5.74, 6) is -1.74. The van der Waals surface area contributed by atoms with E-state index in [1.54, 1.807) is 11.6 Å². The van der Waals surface area contributed by atoms with Gasteiger partial charge < -0.3 is 29.9 Å². The summed E-state index contributed by atoms with van der Waals surface area (Å²) in [5, 5.41) is 17.7. The fourth-order valence-corrected chi connectivity index (χ4v) is 5.21. The summed E-state index contributed by atoms with van der Waals surface area (Å²) < 4.78 is 35.0. The number of aliphatic hydroxyl groups excluding tert-OH is 1. The maximum absolute atomic E-state index is 13.7. The van der Waals surface area contributed by atoms with Crippen molar-refractivity contribution in [2.45, 2.75) is 43.8 Å². The van der Waals surface area contributed by atoms with Crippen molar-refractivity contribution in [2.75, 3.05) is 35.2 Å². The summed E-state index contributed by atoms with van der Waals surface area (Å²) in [6, 6.07) is 5.81. The molecular formula is C25H27ClF2N6O3. The first-order chi connectivity index (χ1) is 17.7. The van der Waals surface area contributed by atoms with Crippen molar-refractivity contribution in [1.82, 2.24) is 14.5 Å². The minimum atomic E-state index is -3.14. The lowest BCUT2D eigenvalue weighted by molar-refractivity contribution is -0.118. The van der Waals surface area contributed by atoms with Crippen LogP contribution >= 0.6 is 11.6 Å². The van der Waals surface area contributed by atoms with E-state index in [4.69, 9.17) is 16.3 Å². The summed E-state index contributed by atoms with van der Waals surface area (Å²) in [6.07, 6.45) is 2.28. The summed E-state index contributed by atoms with van der Waals surface area (Å²) in [4.78, 5) is 23.2. The number of fused-ring (bicyclic) bond motifs is 3. The Morgan fingerprint density at radius 1 is 1.30 bits per heavy atom. The maximum Gasteiger partial charge on any atom is 0.295 e. The monoisotopic (exact) mass is 532 g/mol. The first kappa shape index (κ1) is 24.2. The largest absolute Gasteiger partial charge is 0.486 e. The number of piperidine rings is 1. The zero-order chi connectivity index (χ0) is 25.9. The number of nitrogens with one attached hydrogen (secondary N) is 2. The van der Waals surface area contributed by atoms with E-state index in [1.165, 1.54) is 23.9 Å². The number of aliphatic hydroxyl groups is 1. The second kappa shape index (κ2) is 8.98. The van der Waals surface area contributed by atoms with Gasteiger partial charge in [-0.3, -0.25) is 4.79 Å². The van der Waals surface area contributed by atoms with Crippen LogP contribution in [0.15, 0.2) is 29.2 Å². The van der Waals surface area contributed by atoms with Crippen molar-refractivity contribution in [3.63, 3.8) is 0 Å². The van der Waals surface area contributed by atoms with E-state index < -0.39 is 18.4 Å². The Morgan fingerprint density at radius 3 is 2.86 bits per heavy atom. The molecule has 2 aromatic heterocycles. The van der Waals surface area contributed by atoms with E-state index in [-0.39, 0.29) is 35.7 Å². The van der Waals surface area contributed by atoms with Crippen LogP contribution in [0.2, 0.25) is 5.02 Å². The van der Waals surface area contributed by atoms with Crippen LogP contribution in [0.5, 0.6) is 5.75 Å². The molecule has 1 aromatic carbocycles. The summed E-state index contributed by atoms with van der Waals surface area (Å²) >= 11 is 6.37. The Hall–Kier alpha value is -3.18. The minimum Gasteiger partial charge on any atom is -0.486 e. The van der Waals surface area contributed by atoms with Gasteiger partial charge in [0.25, 0.3) is 11.5 Å². The average molecular weight is 533 g/mol. The molecule has 3 aliphatic rings. The van der Waals surface area contributed by atoms with Gasteiger partial charge in [-0.1, -0.05) is 11.6 Å². The van der Waals surface area contributed by atoms with Crippen LogP contribution < -0.4 is 25.8 Å². The highest BCUT2D eigenvalue weighted by Gasteiger charge is 2.43. The van der Waals surface area contributed by atoms with Crippen molar-refractivity contribution in [1.29, 1.82) is 0 Å². The Morgan fingerprint density at radius 2 is 2.11 bits per heavy atom. The molecule has 1 saturated carbocycles. The number of nitrogens with zero attached hydrogens (tertiary/aromatic N) is 4. The van der Waals surface area contributed by atoms with Crippen molar-refractivity contribution in [2.24, 2.45) is 13.0 Å². The first-order valence-electron chi connectivity index (χ1n) is 12.4. The zero-order valence-electron chi connectivity index (χ0n) is 20.2. The summed E-state index contributed by atoms with van der Waals surface area (Å²) in [5.41, 5.74) is 1.91.